The van der Waals surface area contributed by atoms with Crippen molar-refractivity contribution in [3.05, 3.63) is 29.3 Å². The molecule has 0 atom stereocenters. The van der Waals surface area contributed by atoms with Gasteiger partial charge in [-0.05, 0) is 25.0 Å². The summed E-state index contributed by atoms with van der Waals surface area (Å²) < 4.78 is 5.93. The third-order valence-corrected chi connectivity index (χ3v) is 2.66. The molecule has 15 heavy (non-hydrogen) atoms. The van der Waals surface area contributed by atoms with Gasteiger partial charge in [-0.2, -0.15) is 0 Å². The Hall–Kier alpha value is -1.06. The van der Waals surface area contributed by atoms with E-state index in [4.69, 9.17) is 10.6 Å². The highest BCUT2D eigenvalue weighted by Gasteiger charge is 2.31. The fourth-order valence-corrected chi connectivity index (χ4v) is 2.05. The minimum absolute atomic E-state index is 0.0813. The van der Waals surface area contributed by atoms with Gasteiger partial charge in [0.15, 0.2) is 0 Å². The first-order valence-corrected chi connectivity index (χ1v) is 5.24. The predicted octanol–water partition coefficient (Wildman–Crippen LogP) is 1.83. The van der Waals surface area contributed by atoms with Crippen molar-refractivity contribution in [1.82, 2.24) is 0 Å². The van der Waals surface area contributed by atoms with E-state index in [-0.39, 0.29) is 5.60 Å². The maximum atomic E-state index is 5.93. The van der Waals surface area contributed by atoms with Crippen LogP contribution in [0, 0.1) is 0 Å². The zero-order chi connectivity index (χ0) is 10.9. The van der Waals surface area contributed by atoms with Gasteiger partial charge in [0.05, 0.1) is 6.61 Å². The molecule has 0 bridgehead atoms. The Kier molecular flexibility index (Phi) is 2.67. The average molecular weight is 207 g/mol. The number of fused-ring (bicyclic) bond motifs is 1. The van der Waals surface area contributed by atoms with Crippen molar-refractivity contribution in [1.29, 1.82) is 0 Å². The lowest BCUT2D eigenvalue weighted by Crippen LogP contribution is -2.25. The molecule has 2 N–H and O–H groups in total. The van der Waals surface area contributed by atoms with Gasteiger partial charge in [0, 0.05) is 12.8 Å². The summed E-state index contributed by atoms with van der Waals surface area (Å²) in [7, 11) is 0. The summed E-state index contributed by atoms with van der Waals surface area (Å²) in [6.45, 7) is 4.74. The van der Waals surface area contributed by atoms with Crippen molar-refractivity contribution in [3.63, 3.8) is 0 Å². The second kappa shape index (κ2) is 3.83. The predicted molar refractivity (Wildman–Crippen MR) is 58.7 cm³/mol. The topological polar surface area (TPSA) is 44.5 Å². The monoisotopic (exact) mass is 207 g/mol. The van der Waals surface area contributed by atoms with Crippen molar-refractivity contribution < 1.29 is 9.57 Å². The van der Waals surface area contributed by atoms with Crippen LogP contribution in [0.2, 0.25) is 0 Å². The molecule has 1 aromatic rings. The molecule has 2 rings (SSSR count). The summed E-state index contributed by atoms with van der Waals surface area (Å²) in [5.41, 5.74) is 2.39. The van der Waals surface area contributed by atoms with Gasteiger partial charge in [-0.1, -0.05) is 18.2 Å². The smallest absolute Gasteiger partial charge is 0.126 e. The fraction of sp³-hybridized carbons (Fsp3) is 0.500. The number of nitrogens with two attached hydrogens (primary N) is 1. The van der Waals surface area contributed by atoms with Gasteiger partial charge in [0.1, 0.15) is 11.4 Å². The largest absolute Gasteiger partial charge is 0.487 e. The van der Waals surface area contributed by atoms with Gasteiger partial charge in [0.2, 0.25) is 0 Å². The molecule has 3 heteroatoms. The first kappa shape index (κ1) is 10.5. The quantitative estimate of drug-likeness (QED) is 0.769. The highest BCUT2D eigenvalue weighted by atomic mass is 16.6. The molecule has 0 spiro atoms. The van der Waals surface area contributed by atoms with Crippen LogP contribution in [-0.4, -0.2) is 12.2 Å². The van der Waals surface area contributed by atoms with E-state index in [1.165, 1.54) is 11.1 Å². The lowest BCUT2D eigenvalue weighted by atomic mass is 10.00. The second-order valence-corrected chi connectivity index (χ2v) is 4.56. The average Bonchev–Trinajstić information content (AvgIpc) is 2.49. The van der Waals surface area contributed by atoms with E-state index in [1.807, 2.05) is 0 Å². The Labute approximate surface area is 90.1 Å². The van der Waals surface area contributed by atoms with E-state index in [2.05, 4.69) is 36.9 Å². The van der Waals surface area contributed by atoms with Gasteiger partial charge >= 0.3 is 0 Å². The molecule has 82 valence electrons. The van der Waals surface area contributed by atoms with Crippen LogP contribution < -0.4 is 10.6 Å². The zero-order valence-corrected chi connectivity index (χ0v) is 9.25. The lowest BCUT2D eigenvalue weighted by molar-refractivity contribution is 0.129. The maximum Gasteiger partial charge on any atom is 0.126 e. The van der Waals surface area contributed by atoms with Crippen molar-refractivity contribution in [2.45, 2.75) is 32.3 Å². The first-order chi connectivity index (χ1) is 7.12. The fourth-order valence-electron chi connectivity index (χ4n) is 2.05. The molecule has 1 aliphatic heterocycles. The molecule has 1 aromatic carbocycles. The number of benzene rings is 1. The Morgan fingerprint density at radius 3 is 3.00 bits per heavy atom. The molecule has 0 radical (unpaired) electrons. The van der Waals surface area contributed by atoms with Gasteiger partial charge in [-0.25, -0.2) is 5.90 Å². The van der Waals surface area contributed by atoms with Crippen molar-refractivity contribution >= 4 is 0 Å². The van der Waals surface area contributed by atoms with E-state index in [0.717, 1.165) is 18.6 Å². The molecule has 0 saturated heterocycles. The highest BCUT2D eigenvalue weighted by molar-refractivity contribution is 5.45. The van der Waals surface area contributed by atoms with Crippen LogP contribution in [-0.2, 0) is 17.7 Å². The summed E-state index contributed by atoms with van der Waals surface area (Å²) >= 11 is 0. The molecule has 1 aliphatic rings. The van der Waals surface area contributed by atoms with Crippen LogP contribution in [0.5, 0.6) is 5.75 Å². The summed E-state index contributed by atoms with van der Waals surface area (Å²) in [5, 5.41) is 0. The van der Waals surface area contributed by atoms with Crippen molar-refractivity contribution in [2.75, 3.05) is 6.61 Å². The summed E-state index contributed by atoms with van der Waals surface area (Å²) in [6.07, 6.45) is 1.77. The molecule has 1 heterocycles. The number of para-hydroxylation sites is 1. The Morgan fingerprint density at radius 1 is 1.47 bits per heavy atom. The standard InChI is InChI=1S/C12H17NO2/c1-12(2)8-10-5-3-4-9(6-7-14-13)11(10)15-12/h3-5H,6-8,13H2,1-2H3. The summed E-state index contributed by atoms with van der Waals surface area (Å²) in [4.78, 5) is 4.60. The Morgan fingerprint density at radius 2 is 2.27 bits per heavy atom. The summed E-state index contributed by atoms with van der Waals surface area (Å²) in [6, 6.07) is 6.26. The zero-order valence-electron chi connectivity index (χ0n) is 9.25. The third-order valence-electron chi connectivity index (χ3n) is 2.66. The number of hydrogen-bond donors (Lipinski definition) is 1. The highest BCUT2D eigenvalue weighted by Crippen LogP contribution is 2.37. The maximum absolute atomic E-state index is 5.93. The van der Waals surface area contributed by atoms with Crippen LogP contribution in [0.25, 0.3) is 0 Å². The molecule has 0 aliphatic carbocycles. The molecular weight excluding hydrogens is 190 g/mol. The summed E-state index contributed by atoms with van der Waals surface area (Å²) in [5.74, 6) is 6.06. The van der Waals surface area contributed by atoms with Gasteiger partial charge in [-0.3, -0.25) is 0 Å². The molecule has 0 unspecified atom stereocenters. The van der Waals surface area contributed by atoms with Crippen LogP contribution in [0.3, 0.4) is 0 Å². The number of rotatable bonds is 3. The van der Waals surface area contributed by atoms with Crippen LogP contribution in [0.1, 0.15) is 25.0 Å². The lowest BCUT2D eigenvalue weighted by Gasteiger charge is -2.18. The normalized spacial score (nSPS) is 17.3. The van der Waals surface area contributed by atoms with E-state index in [0.29, 0.717) is 6.61 Å². The molecule has 0 amide bonds. The van der Waals surface area contributed by atoms with E-state index >= 15 is 0 Å². The molecular formula is C12H17NO2. The second-order valence-electron chi connectivity index (χ2n) is 4.56. The van der Waals surface area contributed by atoms with Gasteiger partial charge in [-0.15, -0.1) is 0 Å². The molecule has 0 saturated carbocycles. The van der Waals surface area contributed by atoms with Crippen LogP contribution in [0.15, 0.2) is 18.2 Å². The number of ether oxygens (including phenoxy) is 1. The van der Waals surface area contributed by atoms with Crippen molar-refractivity contribution in [2.24, 2.45) is 5.90 Å². The van der Waals surface area contributed by atoms with E-state index < -0.39 is 0 Å². The Bertz CT molecular complexity index is 361. The van der Waals surface area contributed by atoms with Crippen LogP contribution in [0.4, 0.5) is 0 Å². The minimum Gasteiger partial charge on any atom is -0.487 e. The molecule has 0 fully saturated rings. The number of hydrogen-bond acceptors (Lipinski definition) is 3. The van der Waals surface area contributed by atoms with E-state index in [9.17, 15) is 0 Å². The first-order valence-electron chi connectivity index (χ1n) is 5.24. The van der Waals surface area contributed by atoms with Crippen molar-refractivity contribution in [3.8, 4) is 5.75 Å². The molecule has 3 nitrogen and oxygen atoms in total. The SMILES string of the molecule is CC1(C)Cc2cccc(CCON)c2O1. The Balaban J connectivity index is 2.25. The van der Waals surface area contributed by atoms with Crippen LogP contribution >= 0.6 is 0 Å². The van der Waals surface area contributed by atoms with Gasteiger partial charge in [0.25, 0.3) is 0 Å². The molecule has 0 aromatic heterocycles. The van der Waals surface area contributed by atoms with Gasteiger partial charge < -0.3 is 9.57 Å². The minimum atomic E-state index is -0.0813. The van der Waals surface area contributed by atoms with E-state index in [1.54, 1.807) is 0 Å². The third kappa shape index (κ3) is 2.13.